The van der Waals surface area contributed by atoms with Crippen molar-refractivity contribution in [2.45, 2.75) is 19.3 Å². The predicted molar refractivity (Wildman–Crippen MR) is 60.6 cm³/mol. The number of hydrogen-bond donors (Lipinski definition) is 0. The summed E-state index contributed by atoms with van der Waals surface area (Å²) >= 11 is 8.16. The molecule has 0 amide bonds. The van der Waals surface area contributed by atoms with Crippen LogP contribution in [0.4, 0.5) is 0 Å². The van der Waals surface area contributed by atoms with Crippen LogP contribution in [0.5, 0.6) is 0 Å². The van der Waals surface area contributed by atoms with Crippen LogP contribution in [-0.4, -0.2) is 4.98 Å². The van der Waals surface area contributed by atoms with Crippen molar-refractivity contribution in [3.63, 3.8) is 0 Å². The fraction of sp³-hybridized carbons (Fsp3) is 0.333. The van der Waals surface area contributed by atoms with E-state index in [1.54, 1.807) is 20.0 Å². The van der Waals surface area contributed by atoms with Crippen LogP contribution in [-0.2, 0) is 5.41 Å². The van der Waals surface area contributed by atoms with Gasteiger partial charge in [-0.1, -0.05) is 11.6 Å². The second-order valence-electron chi connectivity index (χ2n) is 3.19. The molecule has 68 valence electrons. The molecule has 0 aromatic carbocycles. The van der Waals surface area contributed by atoms with Gasteiger partial charge in [0.05, 0.1) is 22.2 Å². The first-order chi connectivity index (χ1) is 5.99. The van der Waals surface area contributed by atoms with Gasteiger partial charge in [0.25, 0.3) is 0 Å². The van der Waals surface area contributed by atoms with Gasteiger partial charge in [0.1, 0.15) is 0 Å². The molecule has 0 unspecified atom stereocenters. The molecule has 0 saturated carbocycles. The first kappa shape index (κ1) is 10.7. The molecule has 1 rings (SSSR count). The Labute approximate surface area is 96.1 Å². The summed E-state index contributed by atoms with van der Waals surface area (Å²) < 4.78 is 0.924. The molecule has 13 heavy (non-hydrogen) atoms. The molecular weight excluding hydrogens is 298 g/mol. The lowest BCUT2D eigenvalue weighted by Gasteiger charge is -2.16. The molecule has 1 aromatic heterocycles. The Morgan fingerprint density at radius 2 is 2.23 bits per heavy atom. The molecule has 0 aliphatic heterocycles. The highest BCUT2D eigenvalue weighted by Crippen LogP contribution is 2.30. The van der Waals surface area contributed by atoms with Gasteiger partial charge in [0.15, 0.2) is 0 Å². The van der Waals surface area contributed by atoms with E-state index in [-0.39, 0.29) is 0 Å². The highest BCUT2D eigenvalue weighted by Gasteiger charge is 2.25. The normalized spacial score (nSPS) is 11.0. The van der Waals surface area contributed by atoms with Crippen LogP contribution in [0.15, 0.2) is 12.3 Å². The zero-order chi connectivity index (χ0) is 10.1. The van der Waals surface area contributed by atoms with Crippen molar-refractivity contribution < 1.29 is 0 Å². The lowest BCUT2D eigenvalue weighted by Crippen LogP contribution is -2.16. The first-order valence-corrected chi connectivity index (χ1v) is 5.16. The molecule has 1 heterocycles. The van der Waals surface area contributed by atoms with Crippen molar-refractivity contribution in [2.24, 2.45) is 0 Å². The summed E-state index contributed by atoms with van der Waals surface area (Å²) in [5.74, 6) is 0. The molecule has 0 aliphatic carbocycles. The third-order valence-electron chi connectivity index (χ3n) is 1.71. The molecule has 0 fully saturated rings. The largest absolute Gasteiger partial charge is 0.258 e. The smallest absolute Gasteiger partial charge is 0.0952 e. The van der Waals surface area contributed by atoms with Gasteiger partial charge < -0.3 is 0 Å². The first-order valence-electron chi connectivity index (χ1n) is 3.71. The minimum atomic E-state index is -0.627. The van der Waals surface area contributed by atoms with Crippen LogP contribution in [0.1, 0.15) is 19.5 Å². The molecule has 4 heteroatoms. The molecule has 2 nitrogen and oxygen atoms in total. The number of hydrogen-bond acceptors (Lipinski definition) is 2. The second kappa shape index (κ2) is 3.81. The van der Waals surface area contributed by atoms with E-state index in [0.29, 0.717) is 10.7 Å². The molecule has 0 N–H and O–H groups in total. The molecule has 1 aromatic rings. The Bertz CT molecular complexity index is 368. The minimum absolute atomic E-state index is 0.578. The summed E-state index contributed by atoms with van der Waals surface area (Å²) in [6.07, 6.45) is 1.67. The SMILES string of the molecule is CC(C)(C#N)c1nccc(I)c1Cl. The number of halogens is 2. The average molecular weight is 307 g/mol. The summed E-state index contributed by atoms with van der Waals surface area (Å²) in [4.78, 5) is 4.12. The van der Waals surface area contributed by atoms with Crippen molar-refractivity contribution >= 4 is 34.2 Å². The Morgan fingerprint density at radius 3 is 2.77 bits per heavy atom. The van der Waals surface area contributed by atoms with E-state index < -0.39 is 5.41 Å². The number of nitriles is 1. The molecule has 0 atom stereocenters. The monoisotopic (exact) mass is 306 g/mol. The fourth-order valence-electron chi connectivity index (χ4n) is 0.909. The highest BCUT2D eigenvalue weighted by atomic mass is 127. The van der Waals surface area contributed by atoms with E-state index in [2.05, 4.69) is 33.6 Å². The van der Waals surface area contributed by atoms with Crippen molar-refractivity contribution in [1.29, 1.82) is 5.26 Å². The minimum Gasteiger partial charge on any atom is -0.258 e. The maximum absolute atomic E-state index is 8.91. The van der Waals surface area contributed by atoms with Crippen molar-refractivity contribution in [3.05, 3.63) is 26.5 Å². The average Bonchev–Trinajstić information content (AvgIpc) is 2.09. The summed E-state index contributed by atoms with van der Waals surface area (Å²) in [7, 11) is 0. The molecule has 0 bridgehead atoms. The zero-order valence-corrected chi connectivity index (χ0v) is 10.2. The Balaban J connectivity index is 3.33. The highest BCUT2D eigenvalue weighted by molar-refractivity contribution is 14.1. The van der Waals surface area contributed by atoms with E-state index in [0.717, 1.165) is 3.57 Å². The van der Waals surface area contributed by atoms with Crippen LogP contribution in [0.2, 0.25) is 5.02 Å². The van der Waals surface area contributed by atoms with Gasteiger partial charge in [-0.05, 0) is 42.5 Å². The lowest BCUT2D eigenvalue weighted by molar-refractivity contribution is 0.659. The van der Waals surface area contributed by atoms with Crippen LogP contribution >= 0.6 is 34.2 Å². The van der Waals surface area contributed by atoms with Crippen LogP contribution in [0.25, 0.3) is 0 Å². The number of pyridine rings is 1. The maximum Gasteiger partial charge on any atom is 0.0952 e. The number of rotatable bonds is 1. The molecular formula is C9H8ClIN2. The Morgan fingerprint density at radius 1 is 1.62 bits per heavy atom. The van der Waals surface area contributed by atoms with Crippen LogP contribution in [0, 0.1) is 14.9 Å². The summed E-state index contributed by atoms with van der Waals surface area (Å²) in [5, 5.41) is 9.49. The number of aromatic nitrogens is 1. The van der Waals surface area contributed by atoms with Gasteiger partial charge in [-0.2, -0.15) is 5.26 Å². The van der Waals surface area contributed by atoms with E-state index in [4.69, 9.17) is 16.9 Å². The molecule has 0 radical (unpaired) electrons. The molecule has 0 aliphatic rings. The topological polar surface area (TPSA) is 36.7 Å². The maximum atomic E-state index is 8.91. The fourth-order valence-corrected chi connectivity index (χ4v) is 1.67. The van der Waals surface area contributed by atoms with Gasteiger partial charge >= 0.3 is 0 Å². The summed E-state index contributed by atoms with van der Waals surface area (Å²) in [6.45, 7) is 3.61. The van der Waals surface area contributed by atoms with Crippen LogP contribution in [0.3, 0.4) is 0 Å². The van der Waals surface area contributed by atoms with Gasteiger partial charge in [-0.25, -0.2) is 0 Å². The quantitative estimate of drug-likeness (QED) is 0.747. The van der Waals surface area contributed by atoms with Crippen molar-refractivity contribution in [2.75, 3.05) is 0 Å². The van der Waals surface area contributed by atoms with Gasteiger partial charge in [-0.3, -0.25) is 4.98 Å². The third-order valence-corrected chi connectivity index (χ3v) is 3.31. The van der Waals surface area contributed by atoms with Crippen LogP contribution < -0.4 is 0 Å². The van der Waals surface area contributed by atoms with Gasteiger partial charge in [0, 0.05) is 9.77 Å². The third kappa shape index (κ3) is 2.12. The Hall–Kier alpha value is -0.340. The van der Waals surface area contributed by atoms with Gasteiger partial charge in [0.2, 0.25) is 0 Å². The zero-order valence-electron chi connectivity index (χ0n) is 7.31. The van der Waals surface area contributed by atoms with E-state index in [1.807, 2.05) is 6.07 Å². The molecule has 0 saturated heterocycles. The predicted octanol–water partition coefficient (Wildman–Crippen LogP) is 3.14. The van der Waals surface area contributed by atoms with E-state index >= 15 is 0 Å². The number of nitrogens with zero attached hydrogens (tertiary/aromatic N) is 2. The molecule has 0 spiro atoms. The second-order valence-corrected chi connectivity index (χ2v) is 4.73. The standard InChI is InChI=1S/C9H8ClIN2/c1-9(2,5-12)8-7(10)6(11)3-4-13-8/h3-4H,1-2H3. The van der Waals surface area contributed by atoms with E-state index in [1.165, 1.54) is 0 Å². The lowest BCUT2D eigenvalue weighted by atomic mass is 9.91. The Kier molecular flexibility index (Phi) is 3.14. The van der Waals surface area contributed by atoms with Crippen molar-refractivity contribution in [3.8, 4) is 6.07 Å². The summed E-state index contributed by atoms with van der Waals surface area (Å²) in [6, 6.07) is 3.99. The van der Waals surface area contributed by atoms with E-state index in [9.17, 15) is 0 Å². The van der Waals surface area contributed by atoms with Gasteiger partial charge in [-0.15, -0.1) is 0 Å². The van der Waals surface area contributed by atoms with Crippen molar-refractivity contribution in [1.82, 2.24) is 4.98 Å². The summed E-state index contributed by atoms with van der Waals surface area (Å²) in [5.41, 5.74) is 0.0155.